The van der Waals surface area contributed by atoms with E-state index >= 15 is 0 Å². The Bertz CT molecular complexity index is 2620. The Labute approximate surface area is 305 Å². The first-order valence-corrected chi connectivity index (χ1v) is 18.5. The zero-order chi connectivity index (χ0) is 32.9. The van der Waals surface area contributed by atoms with E-state index in [0.29, 0.717) is 0 Å². The van der Waals surface area contributed by atoms with Crippen LogP contribution in [0.15, 0.2) is 173 Å². The molecule has 49 heavy (non-hydrogen) atoms. The Morgan fingerprint density at radius 3 is 1.78 bits per heavy atom. The van der Waals surface area contributed by atoms with Crippen molar-refractivity contribution in [3.8, 4) is 33.4 Å². The van der Waals surface area contributed by atoms with E-state index in [2.05, 4.69) is 206 Å². The van der Waals surface area contributed by atoms with Gasteiger partial charge in [-0.2, -0.15) is 0 Å². The molecule has 0 fully saturated rings. The normalized spacial score (nSPS) is 11.5. The van der Waals surface area contributed by atoms with Crippen LogP contribution in [0.3, 0.4) is 0 Å². The topological polar surface area (TPSA) is 19.0 Å². The number of anilines is 3. The number of thiophene rings is 1. The number of aromatic amines is 1. The zero-order valence-corrected chi connectivity index (χ0v) is 30.2. The smallest absolute Gasteiger partial charge is 0.0975 e. The molecule has 0 atom stereocenters. The molecule has 0 bridgehead atoms. The third kappa shape index (κ3) is 5.58. The molecule has 0 saturated heterocycles. The molecule has 0 aliphatic carbocycles. The van der Waals surface area contributed by atoms with E-state index in [1.54, 1.807) is 0 Å². The predicted octanol–water partition coefficient (Wildman–Crippen LogP) is 14.5. The van der Waals surface area contributed by atoms with Gasteiger partial charge in [-0.15, -0.1) is 11.3 Å². The molecule has 9 rings (SSSR count). The van der Waals surface area contributed by atoms with Crippen LogP contribution >= 0.6 is 43.2 Å². The highest BCUT2D eigenvalue weighted by atomic mass is 79.9. The summed E-state index contributed by atoms with van der Waals surface area (Å²) in [7, 11) is 0. The fourth-order valence-electron chi connectivity index (χ4n) is 6.72. The highest BCUT2D eigenvalue weighted by Gasteiger charge is 2.16. The van der Waals surface area contributed by atoms with E-state index in [-0.39, 0.29) is 0 Å². The fourth-order valence-corrected chi connectivity index (χ4v) is 8.71. The highest BCUT2D eigenvalue weighted by Crippen LogP contribution is 2.42. The van der Waals surface area contributed by atoms with Crippen LogP contribution in [0.4, 0.5) is 17.1 Å². The summed E-state index contributed by atoms with van der Waals surface area (Å²) >= 11 is 9.15. The van der Waals surface area contributed by atoms with Crippen LogP contribution in [0.2, 0.25) is 0 Å². The summed E-state index contributed by atoms with van der Waals surface area (Å²) in [6.45, 7) is 0. The van der Waals surface area contributed by atoms with Crippen LogP contribution in [0.1, 0.15) is 0 Å². The third-order valence-corrected chi connectivity index (χ3v) is 12.3. The summed E-state index contributed by atoms with van der Waals surface area (Å²) in [6, 6.07) is 59.3. The number of rotatable bonds is 6. The average Bonchev–Trinajstić information content (AvgIpc) is 3.67. The van der Waals surface area contributed by atoms with Gasteiger partial charge in [0.25, 0.3) is 0 Å². The SMILES string of the molecule is Brc1[nH]c2ccc(-c3ccc(-c4cccc(N(c5ccc(-c6ccccc6)cc5)c5ccc6c(c5)sc5ccccc56)c4)cc3)cc2c1Br. The minimum Gasteiger partial charge on any atom is -0.348 e. The van der Waals surface area contributed by atoms with Gasteiger partial charge in [0.05, 0.1) is 9.08 Å². The Morgan fingerprint density at radius 1 is 0.408 bits per heavy atom. The van der Waals surface area contributed by atoms with Crippen LogP contribution in [0, 0.1) is 0 Å². The standard InChI is InChI=1S/C44H28Br2N2S/c45-43-39-26-33(19-24-40(39)47-44(43)46)31-15-13-30(14-16-31)32-9-6-10-35(25-32)48(34-20-17-29(18-21-34)28-7-2-1-3-8-28)36-22-23-38-37-11-4-5-12-41(37)49-42(38)27-36/h1-27,47H. The van der Waals surface area contributed by atoms with Crippen molar-refractivity contribution in [2.75, 3.05) is 4.90 Å². The number of H-pyrrole nitrogens is 1. The molecule has 0 radical (unpaired) electrons. The maximum atomic E-state index is 3.70. The van der Waals surface area contributed by atoms with Crippen LogP contribution in [-0.2, 0) is 0 Å². The van der Waals surface area contributed by atoms with E-state index in [0.717, 1.165) is 37.0 Å². The fraction of sp³-hybridized carbons (Fsp3) is 0. The molecule has 234 valence electrons. The second kappa shape index (κ2) is 12.5. The molecule has 9 aromatic rings. The number of nitrogens with zero attached hydrogens (tertiary/aromatic N) is 1. The van der Waals surface area contributed by atoms with Crippen LogP contribution < -0.4 is 4.90 Å². The summed E-state index contributed by atoms with van der Waals surface area (Å²) in [5, 5.41) is 3.77. The first kappa shape index (κ1) is 30.1. The van der Waals surface area contributed by atoms with E-state index in [1.807, 2.05) is 11.3 Å². The van der Waals surface area contributed by atoms with Gasteiger partial charge < -0.3 is 9.88 Å². The summed E-state index contributed by atoms with van der Waals surface area (Å²) in [4.78, 5) is 5.74. The first-order chi connectivity index (χ1) is 24.1. The van der Waals surface area contributed by atoms with Gasteiger partial charge >= 0.3 is 0 Å². The van der Waals surface area contributed by atoms with Crippen molar-refractivity contribution in [3.63, 3.8) is 0 Å². The van der Waals surface area contributed by atoms with Crippen molar-refractivity contribution in [1.29, 1.82) is 0 Å². The molecular formula is C44H28Br2N2S. The van der Waals surface area contributed by atoms with Crippen molar-refractivity contribution in [1.82, 2.24) is 4.98 Å². The number of hydrogen-bond acceptors (Lipinski definition) is 2. The van der Waals surface area contributed by atoms with Crippen molar-refractivity contribution in [3.05, 3.63) is 173 Å². The van der Waals surface area contributed by atoms with E-state index in [1.165, 1.54) is 53.6 Å². The monoisotopic (exact) mass is 774 g/mol. The molecule has 0 unspecified atom stereocenters. The number of benzene rings is 7. The minimum absolute atomic E-state index is 0.958. The third-order valence-electron chi connectivity index (χ3n) is 9.20. The van der Waals surface area contributed by atoms with Crippen LogP contribution in [0.25, 0.3) is 64.5 Å². The molecule has 2 aromatic heterocycles. The van der Waals surface area contributed by atoms with Crippen LogP contribution in [0.5, 0.6) is 0 Å². The minimum atomic E-state index is 0.958. The quantitative estimate of drug-likeness (QED) is 0.178. The van der Waals surface area contributed by atoms with Crippen molar-refractivity contribution < 1.29 is 0 Å². The molecule has 0 aliphatic rings. The lowest BCUT2D eigenvalue weighted by Crippen LogP contribution is -2.09. The summed E-state index contributed by atoms with van der Waals surface area (Å²) in [5.74, 6) is 0. The molecule has 5 heteroatoms. The first-order valence-electron chi connectivity index (χ1n) is 16.1. The second-order valence-corrected chi connectivity index (χ2v) is 14.8. The van der Waals surface area contributed by atoms with Gasteiger partial charge in [0.2, 0.25) is 0 Å². The van der Waals surface area contributed by atoms with Gasteiger partial charge in [-0.3, -0.25) is 0 Å². The Kier molecular flexibility index (Phi) is 7.69. The maximum Gasteiger partial charge on any atom is 0.0975 e. The number of halogens is 2. The Morgan fingerprint density at radius 2 is 0.980 bits per heavy atom. The summed E-state index contributed by atoms with van der Waals surface area (Å²) in [5.41, 5.74) is 11.6. The lowest BCUT2D eigenvalue weighted by Gasteiger charge is -2.26. The van der Waals surface area contributed by atoms with Gasteiger partial charge in [-0.05, 0) is 120 Å². The number of aromatic nitrogens is 1. The van der Waals surface area contributed by atoms with Crippen molar-refractivity contribution in [2.24, 2.45) is 0 Å². The highest BCUT2D eigenvalue weighted by molar-refractivity contribution is 9.13. The largest absolute Gasteiger partial charge is 0.348 e. The molecule has 0 saturated carbocycles. The Balaban J connectivity index is 1.11. The van der Waals surface area contributed by atoms with Gasteiger partial charge in [0, 0.05) is 48.1 Å². The average molecular weight is 777 g/mol. The van der Waals surface area contributed by atoms with Gasteiger partial charge in [-0.25, -0.2) is 0 Å². The Hall–Kier alpha value is -4.94. The molecule has 0 aliphatic heterocycles. The number of fused-ring (bicyclic) bond motifs is 4. The molecule has 7 aromatic carbocycles. The van der Waals surface area contributed by atoms with E-state index in [4.69, 9.17) is 0 Å². The maximum absolute atomic E-state index is 3.70. The number of hydrogen-bond donors (Lipinski definition) is 1. The van der Waals surface area contributed by atoms with Gasteiger partial charge in [0.1, 0.15) is 0 Å². The lowest BCUT2D eigenvalue weighted by atomic mass is 9.99. The van der Waals surface area contributed by atoms with Crippen molar-refractivity contribution >= 4 is 91.3 Å². The van der Waals surface area contributed by atoms with Crippen LogP contribution in [-0.4, -0.2) is 4.98 Å². The lowest BCUT2D eigenvalue weighted by molar-refractivity contribution is 1.29. The van der Waals surface area contributed by atoms with E-state index in [9.17, 15) is 0 Å². The van der Waals surface area contributed by atoms with Gasteiger partial charge in [-0.1, -0.05) is 109 Å². The molecule has 2 heterocycles. The predicted molar refractivity (Wildman–Crippen MR) is 218 cm³/mol. The molecule has 0 amide bonds. The number of nitrogens with one attached hydrogen (secondary N) is 1. The summed E-state index contributed by atoms with van der Waals surface area (Å²) in [6.07, 6.45) is 0. The second-order valence-electron chi connectivity index (χ2n) is 12.2. The van der Waals surface area contributed by atoms with E-state index < -0.39 is 0 Å². The molecule has 1 N–H and O–H groups in total. The zero-order valence-electron chi connectivity index (χ0n) is 26.2. The van der Waals surface area contributed by atoms with Crippen molar-refractivity contribution in [2.45, 2.75) is 0 Å². The molecule has 0 spiro atoms. The molecular weight excluding hydrogens is 748 g/mol. The molecule has 2 nitrogen and oxygen atoms in total. The summed E-state index contributed by atoms with van der Waals surface area (Å²) < 4.78 is 4.60. The van der Waals surface area contributed by atoms with Gasteiger partial charge in [0.15, 0.2) is 0 Å².